The maximum atomic E-state index is 11.8. The van der Waals surface area contributed by atoms with Gasteiger partial charge in [0.15, 0.2) is 0 Å². The number of carbonyl (C=O) groups is 2. The Kier molecular flexibility index (Phi) is 7.54. The highest BCUT2D eigenvalue weighted by molar-refractivity contribution is 5.88. The molecule has 0 saturated heterocycles. The molecule has 0 aliphatic rings. The topological polar surface area (TPSA) is 70.2 Å². The summed E-state index contributed by atoms with van der Waals surface area (Å²) in [5, 5.41) is 8.31. The van der Waals surface area contributed by atoms with Crippen molar-refractivity contribution in [2.75, 3.05) is 20.6 Å². The molecule has 5 heteroatoms. The fourth-order valence-electron chi connectivity index (χ4n) is 1.59. The van der Waals surface area contributed by atoms with Gasteiger partial charge in [0.1, 0.15) is 6.04 Å². The summed E-state index contributed by atoms with van der Waals surface area (Å²) in [5.41, 5.74) is 0. The average molecular weight is 243 g/mol. The van der Waals surface area contributed by atoms with Crippen LogP contribution in [0, 0.1) is 11.8 Å². The van der Waals surface area contributed by atoms with Crippen LogP contribution in [0.1, 0.15) is 27.2 Å². The van der Waals surface area contributed by atoms with E-state index in [1.807, 2.05) is 20.8 Å². The molecule has 0 rings (SSSR count). The van der Waals surface area contributed by atoms with Crippen molar-refractivity contribution in [3.05, 3.63) is 0 Å². The Morgan fingerprint density at radius 3 is 2.06 bits per heavy atom. The van der Waals surface area contributed by atoms with Gasteiger partial charge < -0.3 is 16.0 Å². The molecule has 0 aliphatic heterocycles. The second kappa shape index (κ2) is 8.06. The second-order valence-corrected chi connectivity index (χ2v) is 4.76. The monoisotopic (exact) mass is 243 g/mol. The van der Waals surface area contributed by atoms with Crippen molar-refractivity contribution in [2.24, 2.45) is 11.8 Å². The molecule has 0 heterocycles. The van der Waals surface area contributed by atoms with Crippen LogP contribution >= 0.6 is 0 Å². The van der Waals surface area contributed by atoms with Crippen molar-refractivity contribution in [3.63, 3.8) is 0 Å². The molecule has 100 valence electrons. The lowest BCUT2D eigenvalue weighted by molar-refractivity contribution is -0.130. The van der Waals surface area contributed by atoms with E-state index in [-0.39, 0.29) is 17.7 Å². The number of amides is 2. The molecule has 0 aliphatic carbocycles. The molecule has 0 saturated carbocycles. The van der Waals surface area contributed by atoms with Crippen LogP contribution in [0.4, 0.5) is 0 Å². The smallest absolute Gasteiger partial charge is 0.242 e. The molecule has 0 bridgehead atoms. The van der Waals surface area contributed by atoms with Gasteiger partial charge in [-0.15, -0.1) is 0 Å². The standard InChI is InChI=1S/C12H25N3O2/c1-8(2)6-10(12(17)14-5)15-11(16)9(3)7-13-4/h8-10,13H,6-7H2,1-5H3,(H,14,17)(H,15,16). The van der Waals surface area contributed by atoms with Gasteiger partial charge in [-0.25, -0.2) is 0 Å². The van der Waals surface area contributed by atoms with Crippen LogP contribution in [-0.4, -0.2) is 38.5 Å². The normalized spacial score (nSPS) is 14.2. The molecule has 2 amide bonds. The fraction of sp³-hybridized carbons (Fsp3) is 0.833. The van der Waals surface area contributed by atoms with Crippen molar-refractivity contribution in [1.82, 2.24) is 16.0 Å². The van der Waals surface area contributed by atoms with Crippen LogP contribution in [0.3, 0.4) is 0 Å². The minimum atomic E-state index is -0.438. The number of hydrogen-bond donors (Lipinski definition) is 3. The summed E-state index contributed by atoms with van der Waals surface area (Å²) < 4.78 is 0. The first-order chi connectivity index (χ1) is 7.92. The van der Waals surface area contributed by atoms with Gasteiger partial charge in [-0.2, -0.15) is 0 Å². The highest BCUT2D eigenvalue weighted by atomic mass is 16.2. The highest BCUT2D eigenvalue weighted by Gasteiger charge is 2.22. The molecule has 0 fully saturated rings. The number of likely N-dealkylation sites (N-methyl/N-ethyl adjacent to an activating group) is 1. The molecule has 0 radical (unpaired) electrons. The molecule has 2 atom stereocenters. The molecule has 0 aromatic rings. The Hall–Kier alpha value is -1.10. The first-order valence-corrected chi connectivity index (χ1v) is 6.08. The van der Waals surface area contributed by atoms with Gasteiger partial charge >= 0.3 is 0 Å². The number of carbonyl (C=O) groups excluding carboxylic acids is 2. The van der Waals surface area contributed by atoms with E-state index in [1.165, 1.54) is 0 Å². The van der Waals surface area contributed by atoms with Gasteiger partial charge in [-0.3, -0.25) is 9.59 Å². The molecule has 3 N–H and O–H groups in total. The quantitative estimate of drug-likeness (QED) is 0.595. The summed E-state index contributed by atoms with van der Waals surface area (Å²) >= 11 is 0. The lowest BCUT2D eigenvalue weighted by atomic mass is 10.0. The third kappa shape index (κ3) is 6.26. The highest BCUT2D eigenvalue weighted by Crippen LogP contribution is 2.06. The van der Waals surface area contributed by atoms with Gasteiger partial charge in [0, 0.05) is 19.5 Å². The Morgan fingerprint density at radius 1 is 1.06 bits per heavy atom. The van der Waals surface area contributed by atoms with Crippen molar-refractivity contribution >= 4 is 11.8 Å². The Balaban J connectivity index is 4.42. The van der Waals surface area contributed by atoms with E-state index in [2.05, 4.69) is 16.0 Å². The summed E-state index contributed by atoms with van der Waals surface area (Å²) in [6, 6.07) is -0.438. The number of hydrogen-bond acceptors (Lipinski definition) is 3. The van der Waals surface area contributed by atoms with Crippen LogP contribution in [-0.2, 0) is 9.59 Å². The van der Waals surface area contributed by atoms with E-state index in [1.54, 1.807) is 14.1 Å². The van der Waals surface area contributed by atoms with Crippen molar-refractivity contribution in [2.45, 2.75) is 33.2 Å². The minimum absolute atomic E-state index is 0.0893. The Labute approximate surface area is 104 Å². The number of nitrogens with one attached hydrogen (secondary N) is 3. The van der Waals surface area contributed by atoms with Crippen LogP contribution in [0.5, 0.6) is 0 Å². The summed E-state index contributed by atoms with van der Waals surface area (Å²) in [7, 11) is 3.38. The lowest BCUT2D eigenvalue weighted by Gasteiger charge is -2.21. The van der Waals surface area contributed by atoms with Crippen molar-refractivity contribution in [3.8, 4) is 0 Å². The first-order valence-electron chi connectivity index (χ1n) is 6.08. The summed E-state index contributed by atoms with van der Waals surface area (Å²) in [6.07, 6.45) is 0.650. The van der Waals surface area contributed by atoms with Crippen LogP contribution in [0.2, 0.25) is 0 Å². The third-order valence-electron chi connectivity index (χ3n) is 2.54. The number of rotatable bonds is 7. The molecule has 2 unspecified atom stereocenters. The molecule has 0 spiro atoms. The van der Waals surface area contributed by atoms with E-state index < -0.39 is 6.04 Å². The van der Waals surface area contributed by atoms with E-state index in [0.29, 0.717) is 18.9 Å². The van der Waals surface area contributed by atoms with Gasteiger partial charge in [0.05, 0.1) is 0 Å². The minimum Gasteiger partial charge on any atom is -0.357 e. The Morgan fingerprint density at radius 2 is 1.65 bits per heavy atom. The zero-order valence-electron chi connectivity index (χ0n) is 11.5. The zero-order valence-corrected chi connectivity index (χ0v) is 11.5. The molecule has 5 nitrogen and oxygen atoms in total. The third-order valence-corrected chi connectivity index (χ3v) is 2.54. The van der Waals surface area contributed by atoms with Crippen LogP contribution in [0.25, 0.3) is 0 Å². The van der Waals surface area contributed by atoms with Gasteiger partial charge in [0.2, 0.25) is 11.8 Å². The maximum Gasteiger partial charge on any atom is 0.242 e. The molecule has 0 aromatic carbocycles. The first kappa shape index (κ1) is 15.9. The molecule has 17 heavy (non-hydrogen) atoms. The summed E-state index contributed by atoms with van der Waals surface area (Å²) in [5.74, 6) is -0.00571. The molecular formula is C12H25N3O2. The van der Waals surface area contributed by atoms with Gasteiger partial charge in [-0.05, 0) is 19.4 Å². The largest absolute Gasteiger partial charge is 0.357 e. The lowest BCUT2D eigenvalue weighted by Crippen LogP contribution is -2.48. The SMILES string of the molecule is CNCC(C)C(=O)NC(CC(C)C)C(=O)NC. The summed E-state index contributed by atoms with van der Waals surface area (Å²) in [6.45, 7) is 6.49. The van der Waals surface area contributed by atoms with E-state index >= 15 is 0 Å². The van der Waals surface area contributed by atoms with Crippen LogP contribution < -0.4 is 16.0 Å². The van der Waals surface area contributed by atoms with Crippen LogP contribution in [0.15, 0.2) is 0 Å². The second-order valence-electron chi connectivity index (χ2n) is 4.76. The Bertz CT molecular complexity index is 254. The average Bonchev–Trinajstić information content (AvgIpc) is 2.26. The predicted octanol–water partition coefficient (Wildman–Crippen LogP) is 0.119. The van der Waals surface area contributed by atoms with Crippen molar-refractivity contribution < 1.29 is 9.59 Å². The zero-order chi connectivity index (χ0) is 13.4. The van der Waals surface area contributed by atoms with Gasteiger partial charge in [0.25, 0.3) is 0 Å². The fourth-order valence-corrected chi connectivity index (χ4v) is 1.59. The van der Waals surface area contributed by atoms with E-state index in [9.17, 15) is 9.59 Å². The van der Waals surface area contributed by atoms with E-state index in [0.717, 1.165) is 0 Å². The summed E-state index contributed by atoms with van der Waals surface area (Å²) in [4.78, 5) is 23.4. The van der Waals surface area contributed by atoms with Crippen molar-refractivity contribution in [1.29, 1.82) is 0 Å². The molecular weight excluding hydrogens is 218 g/mol. The van der Waals surface area contributed by atoms with E-state index in [4.69, 9.17) is 0 Å². The van der Waals surface area contributed by atoms with Gasteiger partial charge in [-0.1, -0.05) is 20.8 Å². The molecule has 0 aromatic heterocycles. The predicted molar refractivity (Wildman–Crippen MR) is 68.5 cm³/mol. The maximum absolute atomic E-state index is 11.8.